The van der Waals surface area contributed by atoms with Gasteiger partial charge >= 0.3 is 0 Å². The Hall–Kier alpha value is -3.95. The van der Waals surface area contributed by atoms with Crippen LogP contribution in [0, 0.1) is 0 Å². The number of nitrogen functional groups attached to an aromatic ring is 1. The summed E-state index contributed by atoms with van der Waals surface area (Å²) in [6.45, 7) is 2.25. The number of nitrogens with two attached hydrogens (primary N) is 2. The molecule has 1 unspecified atom stereocenters. The van der Waals surface area contributed by atoms with Crippen molar-refractivity contribution in [2.75, 3.05) is 32.0 Å². The number of aromatic nitrogens is 2. The normalized spacial score (nSPS) is 17.3. The number of nitrogens with zero attached hydrogens (tertiary/aromatic N) is 3. The van der Waals surface area contributed by atoms with E-state index in [0.717, 1.165) is 16.7 Å². The molecule has 1 aromatic carbocycles. The van der Waals surface area contributed by atoms with Gasteiger partial charge in [0.1, 0.15) is 17.7 Å². The highest BCUT2D eigenvalue weighted by atomic mass is 35.5. The van der Waals surface area contributed by atoms with Crippen molar-refractivity contribution in [1.82, 2.24) is 14.9 Å². The summed E-state index contributed by atoms with van der Waals surface area (Å²) < 4.78 is 11.5. The van der Waals surface area contributed by atoms with Gasteiger partial charge < -0.3 is 25.8 Å². The van der Waals surface area contributed by atoms with Crippen LogP contribution in [0.3, 0.4) is 0 Å². The van der Waals surface area contributed by atoms with Crippen LogP contribution in [0.5, 0.6) is 5.75 Å². The van der Waals surface area contributed by atoms with E-state index in [0.29, 0.717) is 72.6 Å². The molecule has 0 radical (unpaired) electrons. The molecule has 0 saturated carbocycles. The van der Waals surface area contributed by atoms with Gasteiger partial charge in [-0.15, -0.1) is 0 Å². The first-order valence-electron chi connectivity index (χ1n) is 11.9. The summed E-state index contributed by atoms with van der Waals surface area (Å²) in [5.41, 5.74) is 15.6. The van der Waals surface area contributed by atoms with Crippen LogP contribution < -0.4 is 16.2 Å². The van der Waals surface area contributed by atoms with E-state index in [9.17, 15) is 9.59 Å². The van der Waals surface area contributed by atoms with Crippen molar-refractivity contribution < 1.29 is 19.1 Å². The molecule has 10 heteroatoms. The van der Waals surface area contributed by atoms with Crippen molar-refractivity contribution >= 4 is 34.8 Å². The molecule has 0 aliphatic carbocycles. The molecule has 4 heterocycles. The topological polar surface area (TPSA) is 134 Å². The smallest absolute Gasteiger partial charge is 0.255 e. The Morgan fingerprint density at radius 3 is 2.51 bits per heavy atom. The van der Waals surface area contributed by atoms with E-state index in [2.05, 4.69) is 9.97 Å². The Morgan fingerprint density at radius 2 is 1.84 bits per heavy atom. The quantitative estimate of drug-likeness (QED) is 0.478. The second-order valence-corrected chi connectivity index (χ2v) is 9.38. The summed E-state index contributed by atoms with van der Waals surface area (Å²) in [4.78, 5) is 34.8. The Morgan fingerprint density at radius 1 is 1.08 bits per heavy atom. The van der Waals surface area contributed by atoms with Gasteiger partial charge in [-0.05, 0) is 47.5 Å². The van der Waals surface area contributed by atoms with Gasteiger partial charge in [-0.2, -0.15) is 0 Å². The molecule has 2 aliphatic heterocycles. The average Bonchev–Trinajstić information content (AvgIpc) is 3.32. The lowest BCUT2D eigenvalue weighted by Crippen LogP contribution is -2.40. The number of halogens is 1. The van der Waals surface area contributed by atoms with E-state index < -0.39 is 5.91 Å². The zero-order valence-electron chi connectivity index (χ0n) is 20.0. The monoisotopic (exact) mass is 519 g/mol. The second kappa shape index (κ2) is 10.6. The van der Waals surface area contributed by atoms with Crippen molar-refractivity contribution in [3.63, 3.8) is 0 Å². The minimum Gasteiger partial charge on any atom is -0.488 e. The number of rotatable bonds is 6. The first kappa shape index (κ1) is 24.7. The van der Waals surface area contributed by atoms with E-state index in [1.807, 2.05) is 12.1 Å². The number of ether oxygens (including phenoxy) is 2. The fourth-order valence-electron chi connectivity index (χ4n) is 4.56. The SMILES string of the molecule is NC(=O)/C=C(\CC1Cc2cc(-c3ccc(C(=O)N4CCOCC4)cn3)cc(Cl)c2O1)c1ccc(N)nc1. The molecule has 1 fully saturated rings. The third-order valence-electron chi connectivity index (χ3n) is 6.38. The minimum absolute atomic E-state index is 0.0540. The molecule has 0 spiro atoms. The van der Waals surface area contributed by atoms with Gasteiger partial charge in [0.25, 0.3) is 5.91 Å². The average molecular weight is 520 g/mol. The molecule has 2 amide bonds. The van der Waals surface area contributed by atoms with Gasteiger partial charge in [-0.1, -0.05) is 11.6 Å². The third-order valence-corrected chi connectivity index (χ3v) is 6.66. The number of hydrogen-bond acceptors (Lipinski definition) is 7. The number of morpholine rings is 1. The van der Waals surface area contributed by atoms with Crippen molar-refractivity contribution in [2.45, 2.75) is 18.9 Å². The summed E-state index contributed by atoms with van der Waals surface area (Å²) >= 11 is 6.59. The highest BCUT2D eigenvalue weighted by molar-refractivity contribution is 6.32. The molecule has 37 heavy (non-hydrogen) atoms. The van der Waals surface area contributed by atoms with Crippen LogP contribution in [0.2, 0.25) is 5.02 Å². The van der Waals surface area contributed by atoms with Gasteiger partial charge in [-0.3, -0.25) is 14.6 Å². The van der Waals surface area contributed by atoms with Crippen LogP contribution in [0.25, 0.3) is 16.8 Å². The number of benzene rings is 1. The Bertz CT molecular complexity index is 1350. The van der Waals surface area contributed by atoms with E-state index in [4.69, 9.17) is 32.5 Å². The molecule has 1 saturated heterocycles. The predicted molar refractivity (Wildman–Crippen MR) is 140 cm³/mol. The molecule has 5 rings (SSSR count). The second-order valence-electron chi connectivity index (χ2n) is 8.97. The Balaban J connectivity index is 1.32. The van der Waals surface area contributed by atoms with Crippen molar-refractivity contribution in [2.24, 2.45) is 5.73 Å². The first-order chi connectivity index (χ1) is 17.9. The van der Waals surface area contributed by atoms with Gasteiger partial charge in [0, 0.05) is 55.5 Å². The summed E-state index contributed by atoms with van der Waals surface area (Å²) in [5.74, 6) is 0.396. The van der Waals surface area contributed by atoms with E-state index in [1.54, 1.807) is 41.6 Å². The van der Waals surface area contributed by atoms with Crippen LogP contribution in [-0.2, 0) is 16.0 Å². The van der Waals surface area contributed by atoms with Gasteiger partial charge in [0.2, 0.25) is 5.91 Å². The van der Waals surface area contributed by atoms with Crippen molar-refractivity contribution in [3.8, 4) is 17.0 Å². The van der Waals surface area contributed by atoms with E-state index in [-0.39, 0.29) is 12.0 Å². The van der Waals surface area contributed by atoms with Crippen LogP contribution in [0.4, 0.5) is 5.82 Å². The van der Waals surface area contributed by atoms with E-state index >= 15 is 0 Å². The molecule has 190 valence electrons. The highest BCUT2D eigenvalue weighted by Gasteiger charge is 2.28. The zero-order valence-corrected chi connectivity index (χ0v) is 20.8. The number of amides is 2. The van der Waals surface area contributed by atoms with Gasteiger partial charge in [-0.25, -0.2) is 4.98 Å². The number of anilines is 1. The summed E-state index contributed by atoms with van der Waals surface area (Å²) in [7, 11) is 0. The van der Waals surface area contributed by atoms with Gasteiger partial charge in [0.15, 0.2) is 0 Å². The first-order valence-corrected chi connectivity index (χ1v) is 12.3. The molecule has 9 nitrogen and oxygen atoms in total. The molecular formula is C27H26ClN5O4. The summed E-state index contributed by atoms with van der Waals surface area (Å²) in [5, 5.41) is 0.472. The number of fused-ring (bicyclic) bond motifs is 1. The standard InChI is InChI=1S/C27H26ClN5O4/c28-22-12-19(23-3-1-17(15-31-23)27(35)33-5-7-36-8-6-33)9-20-11-21(37-26(20)22)10-18(13-25(30)34)16-2-4-24(29)32-14-16/h1-4,9,12-15,21H,5-8,10-11H2,(H2,29,32)(H2,30,34)/b18-13+. The number of primary amides is 1. The lowest BCUT2D eigenvalue weighted by atomic mass is 9.97. The lowest BCUT2D eigenvalue weighted by molar-refractivity contribution is -0.113. The minimum atomic E-state index is -0.552. The predicted octanol–water partition coefficient (Wildman–Crippen LogP) is 3.11. The number of carbonyl (C=O) groups is 2. The summed E-state index contributed by atoms with van der Waals surface area (Å²) in [6.07, 6.45) is 5.37. The van der Waals surface area contributed by atoms with E-state index in [1.165, 1.54) is 6.08 Å². The summed E-state index contributed by atoms with van der Waals surface area (Å²) in [6, 6.07) is 10.9. The molecule has 0 bridgehead atoms. The Kier molecular flexibility index (Phi) is 7.07. The molecule has 2 aromatic heterocycles. The molecule has 3 aromatic rings. The molecule has 2 aliphatic rings. The molecule has 1 atom stereocenters. The number of pyridine rings is 2. The number of carbonyl (C=O) groups excluding carboxylic acids is 2. The molecular weight excluding hydrogens is 494 g/mol. The maximum absolute atomic E-state index is 12.7. The Labute approximate surface area is 219 Å². The molecule has 4 N–H and O–H groups in total. The van der Waals surface area contributed by atoms with Crippen LogP contribution in [0.15, 0.2) is 54.9 Å². The fraction of sp³-hybridized carbons (Fsp3) is 0.259. The van der Waals surface area contributed by atoms with Gasteiger partial charge in [0.05, 0.1) is 29.5 Å². The van der Waals surface area contributed by atoms with Crippen LogP contribution in [-0.4, -0.2) is 59.1 Å². The maximum Gasteiger partial charge on any atom is 0.255 e. The zero-order chi connectivity index (χ0) is 25.9. The van der Waals surface area contributed by atoms with Crippen molar-refractivity contribution in [1.29, 1.82) is 0 Å². The van der Waals surface area contributed by atoms with Crippen LogP contribution in [0.1, 0.15) is 27.9 Å². The maximum atomic E-state index is 12.7. The highest BCUT2D eigenvalue weighted by Crippen LogP contribution is 2.41. The largest absolute Gasteiger partial charge is 0.488 e. The fourth-order valence-corrected chi connectivity index (χ4v) is 4.85. The third kappa shape index (κ3) is 5.58. The number of hydrogen-bond donors (Lipinski definition) is 2. The van der Waals surface area contributed by atoms with Crippen molar-refractivity contribution in [3.05, 3.63) is 76.6 Å². The lowest BCUT2D eigenvalue weighted by Gasteiger charge is -2.26. The van der Waals surface area contributed by atoms with Crippen LogP contribution >= 0.6 is 11.6 Å².